The van der Waals surface area contributed by atoms with Gasteiger partial charge in [-0.05, 0) is 38.0 Å². The largest absolute Gasteiger partial charge is 0.772 e. The van der Waals surface area contributed by atoms with E-state index in [-0.39, 0.29) is 17.1 Å². The number of anilines is 1. The van der Waals surface area contributed by atoms with E-state index in [2.05, 4.69) is 15.6 Å². The molecule has 2 aliphatic heterocycles. The average Bonchev–Trinajstić information content (AvgIpc) is 3.46. The van der Waals surface area contributed by atoms with Crippen LogP contribution in [0.4, 0.5) is 5.13 Å². The fraction of sp³-hybridized carbons (Fsp3) is 0.722. The first-order valence-electron chi connectivity index (χ1n) is 9.91. The second kappa shape index (κ2) is 11.1. The van der Waals surface area contributed by atoms with Crippen LogP contribution in [0.25, 0.3) is 0 Å². The van der Waals surface area contributed by atoms with Crippen LogP contribution in [-0.2, 0) is 25.4 Å². The Kier molecular flexibility index (Phi) is 8.54. The third kappa shape index (κ3) is 7.10. The lowest BCUT2D eigenvalue weighted by Gasteiger charge is -2.36. The van der Waals surface area contributed by atoms with Gasteiger partial charge in [-0.15, -0.1) is 11.3 Å². The standard InChI is InChI=1S/C15H22N4O3S.C3H6O2S/c20-13-9-16-3-5-19(13)12(8-11-2-1-6-22-10-11)14(21)18-15-17-4-7-23-15;4-6(5)3-1-2-3/h4,7,11-12,16H,1-3,5-6,8-10H2,(H,17,18,21);3H,1-2H2,(H,4,5)/p-1/t11?,12-;/m1./s1. The molecule has 2 N–H and O–H groups in total. The molecule has 2 amide bonds. The normalized spacial score (nSPS) is 24.2. The predicted octanol–water partition coefficient (Wildman–Crippen LogP) is 0.727. The van der Waals surface area contributed by atoms with Gasteiger partial charge >= 0.3 is 0 Å². The molecule has 9 nitrogen and oxygen atoms in total. The number of aromatic nitrogens is 1. The zero-order valence-corrected chi connectivity index (χ0v) is 17.8. The van der Waals surface area contributed by atoms with Gasteiger partial charge in [0.1, 0.15) is 6.04 Å². The highest BCUT2D eigenvalue weighted by atomic mass is 32.2. The minimum atomic E-state index is -1.76. The summed E-state index contributed by atoms with van der Waals surface area (Å²) < 4.78 is 25.0. The molecule has 1 aliphatic carbocycles. The Morgan fingerprint density at radius 2 is 2.31 bits per heavy atom. The Balaban J connectivity index is 0.000000343. The van der Waals surface area contributed by atoms with Gasteiger partial charge in [0.25, 0.3) is 0 Å². The van der Waals surface area contributed by atoms with E-state index in [0.717, 1.165) is 32.3 Å². The minimum Gasteiger partial charge on any atom is -0.772 e. The summed E-state index contributed by atoms with van der Waals surface area (Å²) in [6.45, 7) is 3.03. The number of thiazole rings is 1. The number of rotatable bonds is 6. The maximum absolute atomic E-state index is 12.7. The molecule has 3 fully saturated rings. The molecule has 2 unspecified atom stereocenters. The third-order valence-corrected chi connectivity index (χ3v) is 6.78. The van der Waals surface area contributed by atoms with Crippen molar-refractivity contribution < 1.29 is 23.1 Å². The van der Waals surface area contributed by atoms with Gasteiger partial charge in [0.15, 0.2) is 5.13 Å². The summed E-state index contributed by atoms with van der Waals surface area (Å²) in [7, 11) is 0. The van der Waals surface area contributed by atoms with Gasteiger partial charge < -0.3 is 24.8 Å². The monoisotopic (exact) mass is 443 g/mol. The van der Waals surface area contributed by atoms with Gasteiger partial charge in [-0.1, -0.05) is 11.1 Å². The third-order valence-electron chi connectivity index (χ3n) is 5.08. The molecule has 0 bridgehead atoms. The van der Waals surface area contributed by atoms with Crippen LogP contribution >= 0.6 is 11.3 Å². The van der Waals surface area contributed by atoms with Crippen molar-refractivity contribution in [1.82, 2.24) is 15.2 Å². The highest BCUT2D eigenvalue weighted by molar-refractivity contribution is 7.80. The Bertz CT molecular complexity index is 692. The number of carbonyl (C=O) groups excluding carboxylic acids is 2. The number of piperazine rings is 1. The second-order valence-electron chi connectivity index (χ2n) is 7.38. The zero-order valence-electron chi connectivity index (χ0n) is 16.2. The molecular formula is C18H27N4O5S2-. The van der Waals surface area contributed by atoms with Crippen molar-refractivity contribution in [1.29, 1.82) is 0 Å². The molecular weight excluding hydrogens is 416 g/mol. The second-order valence-corrected chi connectivity index (χ2v) is 9.47. The topological polar surface area (TPSA) is 124 Å². The number of nitrogens with one attached hydrogen (secondary N) is 2. The molecule has 1 aromatic rings. The number of amides is 2. The van der Waals surface area contributed by atoms with Crippen molar-refractivity contribution in [3.8, 4) is 0 Å². The number of ether oxygens (including phenoxy) is 1. The van der Waals surface area contributed by atoms with E-state index >= 15 is 0 Å². The predicted molar refractivity (Wildman–Crippen MR) is 109 cm³/mol. The maximum atomic E-state index is 12.7. The fourth-order valence-corrected chi connectivity index (χ4v) is 4.42. The maximum Gasteiger partial charge on any atom is 0.248 e. The van der Waals surface area contributed by atoms with Gasteiger partial charge in [0.05, 0.1) is 6.54 Å². The van der Waals surface area contributed by atoms with Crippen molar-refractivity contribution in [3.05, 3.63) is 11.6 Å². The molecule has 3 heterocycles. The molecule has 29 heavy (non-hydrogen) atoms. The molecule has 3 aliphatic rings. The first-order chi connectivity index (χ1) is 14.0. The van der Waals surface area contributed by atoms with E-state index in [1.54, 1.807) is 11.1 Å². The molecule has 162 valence electrons. The van der Waals surface area contributed by atoms with Gasteiger partial charge in [-0.3, -0.25) is 13.8 Å². The molecule has 0 radical (unpaired) electrons. The fourth-order valence-electron chi connectivity index (χ4n) is 3.37. The van der Waals surface area contributed by atoms with Gasteiger partial charge in [-0.25, -0.2) is 4.98 Å². The van der Waals surface area contributed by atoms with Crippen LogP contribution < -0.4 is 10.6 Å². The van der Waals surface area contributed by atoms with E-state index in [1.807, 2.05) is 5.38 Å². The van der Waals surface area contributed by atoms with Gasteiger partial charge in [0.2, 0.25) is 11.8 Å². The van der Waals surface area contributed by atoms with E-state index < -0.39 is 17.1 Å². The summed E-state index contributed by atoms with van der Waals surface area (Å²) in [6, 6.07) is -0.458. The summed E-state index contributed by atoms with van der Waals surface area (Å²) in [5, 5.41) is 8.30. The van der Waals surface area contributed by atoms with Crippen molar-refractivity contribution >= 4 is 39.4 Å². The van der Waals surface area contributed by atoms with Crippen LogP contribution in [-0.4, -0.2) is 74.6 Å². The van der Waals surface area contributed by atoms with E-state index in [4.69, 9.17) is 4.74 Å². The van der Waals surface area contributed by atoms with Gasteiger partial charge in [0, 0.05) is 43.1 Å². The molecule has 0 spiro atoms. The quantitative estimate of drug-likeness (QED) is 0.621. The molecule has 1 aromatic heterocycles. The highest BCUT2D eigenvalue weighted by Gasteiger charge is 2.34. The van der Waals surface area contributed by atoms with Gasteiger partial charge in [-0.2, -0.15) is 0 Å². The SMILES string of the molecule is O=C(Nc1nccs1)[C@@H](CC1CCCOC1)N1CCNCC1=O.O=S([O-])C1CC1. The van der Waals surface area contributed by atoms with E-state index in [0.29, 0.717) is 43.7 Å². The Morgan fingerprint density at radius 3 is 2.86 bits per heavy atom. The van der Waals surface area contributed by atoms with Crippen LogP contribution in [0.3, 0.4) is 0 Å². The van der Waals surface area contributed by atoms with Crippen LogP contribution in [0.15, 0.2) is 11.6 Å². The molecule has 1 saturated carbocycles. The summed E-state index contributed by atoms with van der Waals surface area (Å²) >= 11 is -0.378. The summed E-state index contributed by atoms with van der Waals surface area (Å²) in [4.78, 5) is 30.8. The lowest BCUT2D eigenvalue weighted by Crippen LogP contribution is -2.56. The Labute approximate surface area is 176 Å². The van der Waals surface area contributed by atoms with E-state index in [9.17, 15) is 18.4 Å². The number of hydrogen-bond donors (Lipinski definition) is 2. The van der Waals surface area contributed by atoms with Crippen LogP contribution in [0, 0.1) is 5.92 Å². The van der Waals surface area contributed by atoms with Crippen molar-refractivity contribution in [2.75, 3.05) is 38.2 Å². The molecule has 2 saturated heterocycles. The first-order valence-corrected chi connectivity index (χ1v) is 11.9. The average molecular weight is 444 g/mol. The smallest absolute Gasteiger partial charge is 0.248 e. The molecule has 3 atom stereocenters. The lowest BCUT2D eigenvalue weighted by atomic mass is 9.93. The minimum absolute atomic E-state index is 0.0185. The van der Waals surface area contributed by atoms with Crippen LogP contribution in [0.2, 0.25) is 0 Å². The molecule has 0 aromatic carbocycles. The Hall–Kier alpha value is -1.40. The summed E-state index contributed by atoms with van der Waals surface area (Å²) in [5.41, 5.74) is 0. The van der Waals surface area contributed by atoms with Crippen molar-refractivity contribution in [2.24, 2.45) is 5.92 Å². The molecule has 4 rings (SSSR count). The Morgan fingerprint density at radius 1 is 1.48 bits per heavy atom. The lowest BCUT2D eigenvalue weighted by molar-refractivity contribution is -0.140. The number of carbonyl (C=O) groups is 2. The summed E-state index contributed by atoms with van der Waals surface area (Å²) in [6.07, 6.45) is 6.12. The van der Waals surface area contributed by atoms with Crippen molar-refractivity contribution in [2.45, 2.75) is 43.4 Å². The van der Waals surface area contributed by atoms with E-state index in [1.165, 1.54) is 11.3 Å². The number of nitrogens with zero attached hydrogens (tertiary/aromatic N) is 2. The molecule has 11 heteroatoms. The number of hydrogen-bond acceptors (Lipinski definition) is 8. The highest BCUT2D eigenvalue weighted by Crippen LogP contribution is 2.24. The first kappa shape index (κ1) is 22.3. The van der Waals surface area contributed by atoms with Crippen LogP contribution in [0.1, 0.15) is 32.1 Å². The zero-order chi connectivity index (χ0) is 20.6. The van der Waals surface area contributed by atoms with Crippen molar-refractivity contribution in [3.63, 3.8) is 0 Å². The van der Waals surface area contributed by atoms with Crippen LogP contribution in [0.5, 0.6) is 0 Å². The summed E-state index contributed by atoms with van der Waals surface area (Å²) in [5.74, 6) is 0.145.